The number of aromatic nitrogens is 1. The molecule has 1 fully saturated rings. The Morgan fingerprint density at radius 2 is 1.87 bits per heavy atom. The van der Waals surface area contributed by atoms with Gasteiger partial charge in [-0.3, -0.25) is 0 Å². The summed E-state index contributed by atoms with van der Waals surface area (Å²) in [4.78, 5) is 12.5. The standard InChI is InChI=1S/C22H24N2O6S/c1-24(18-6-3-2-4-7-18)31(26,27)19-11-9-16(10-12-19)22(25)29-15-17-14-21(30-23-17)20-8-5-13-28-20/h5,8-14,18H,2-4,6-7,15H2,1H3. The lowest BCUT2D eigenvalue weighted by Crippen LogP contribution is -2.38. The number of benzene rings is 1. The minimum Gasteiger partial charge on any atom is -0.461 e. The third-order valence-electron chi connectivity index (χ3n) is 5.53. The van der Waals surface area contributed by atoms with Gasteiger partial charge in [-0.1, -0.05) is 24.4 Å². The van der Waals surface area contributed by atoms with Crippen LogP contribution in [0, 0.1) is 0 Å². The van der Waals surface area contributed by atoms with E-state index in [1.807, 2.05) is 0 Å². The Morgan fingerprint density at radius 1 is 1.13 bits per heavy atom. The summed E-state index contributed by atoms with van der Waals surface area (Å²) in [6, 6.07) is 10.9. The van der Waals surface area contributed by atoms with E-state index >= 15 is 0 Å². The van der Waals surface area contributed by atoms with Crippen LogP contribution in [0.2, 0.25) is 0 Å². The fraction of sp³-hybridized carbons (Fsp3) is 0.364. The van der Waals surface area contributed by atoms with Crippen molar-refractivity contribution in [1.29, 1.82) is 0 Å². The maximum Gasteiger partial charge on any atom is 0.338 e. The Kier molecular flexibility index (Phi) is 6.24. The number of furan rings is 1. The van der Waals surface area contributed by atoms with Crippen molar-refractivity contribution in [3.8, 4) is 11.5 Å². The molecule has 0 atom stereocenters. The Balaban J connectivity index is 1.37. The van der Waals surface area contributed by atoms with E-state index in [4.69, 9.17) is 13.7 Å². The third-order valence-corrected chi connectivity index (χ3v) is 7.45. The Morgan fingerprint density at radius 3 is 2.55 bits per heavy atom. The summed E-state index contributed by atoms with van der Waals surface area (Å²) in [5.74, 6) is 0.389. The summed E-state index contributed by atoms with van der Waals surface area (Å²) >= 11 is 0. The van der Waals surface area contributed by atoms with Crippen molar-refractivity contribution in [3.05, 3.63) is 60.0 Å². The van der Waals surface area contributed by atoms with Crippen molar-refractivity contribution in [2.45, 2.75) is 49.6 Å². The van der Waals surface area contributed by atoms with Gasteiger partial charge in [0.05, 0.1) is 16.7 Å². The van der Waals surface area contributed by atoms with Crippen molar-refractivity contribution >= 4 is 16.0 Å². The first-order valence-electron chi connectivity index (χ1n) is 10.2. The van der Waals surface area contributed by atoms with Crippen LogP contribution in [-0.4, -0.2) is 36.9 Å². The molecule has 0 bridgehead atoms. The van der Waals surface area contributed by atoms with Crippen LogP contribution in [-0.2, 0) is 21.4 Å². The molecular weight excluding hydrogens is 420 g/mol. The number of carbonyl (C=O) groups is 1. The zero-order valence-corrected chi connectivity index (χ0v) is 18.0. The lowest BCUT2D eigenvalue weighted by Gasteiger charge is -2.30. The van der Waals surface area contributed by atoms with Gasteiger partial charge >= 0.3 is 5.97 Å². The molecule has 0 spiro atoms. The van der Waals surface area contributed by atoms with Crippen LogP contribution in [0.3, 0.4) is 0 Å². The predicted molar refractivity (Wildman–Crippen MR) is 112 cm³/mol. The number of carbonyl (C=O) groups excluding carboxylic acids is 1. The number of hydrogen-bond acceptors (Lipinski definition) is 7. The Labute approximate surface area is 180 Å². The molecule has 1 aromatic carbocycles. The zero-order valence-electron chi connectivity index (χ0n) is 17.2. The van der Waals surface area contributed by atoms with Gasteiger partial charge in [-0.2, -0.15) is 4.31 Å². The van der Waals surface area contributed by atoms with E-state index in [-0.39, 0.29) is 23.1 Å². The highest BCUT2D eigenvalue weighted by Crippen LogP contribution is 2.27. The number of sulfonamides is 1. The normalized spacial score (nSPS) is 15.3. The molecule has 31 heavy (non-hydrogen) atoms. The van der Waals surface area contributed by atoms with E-state index in [0.717, 1.165) is 32.1 Å². The molecule has 0 unspecified atom stereocenters. The summed E-state index contributed by atoms with van der Waals surface area (Å²) in [6.45, 7) is -0.0759. The second-order valence-electron chi connectivity index (χ2n) is 7.57. The average molecular weight is 445 g/mol. The SMILES string of the molecule is CN(C1CCCCC1)S(=O)(=O)c1ccc(C(=O)OCc2cc(-c3ccco3)on2)cc1. The first-order chi connectivity index (χ1) is 14.9. The summed E-state index contributed by atoms with van der Waals surface area (Å²) in [6.07, 6.45) is 6.52. The van der Waals surface area contributed by atoms with Gasteiger partial charge in [0.1, 0.15) is 12.3 Å². The zero-order chi connectivity index (χ0) is 21.8. The second kappa shape index (κ2) is 9.07. The Bertz CT molecular complexity index is 1110. The topological polar surface area (TPSA) is 103 Å². The molecule has 4 rings (SSSR count). The molecule has 0 amide bonds. The molecule has 164 valence electrons. The summed E-state index contributed by atoms with van der Waals surface area (Å²) < 4.78 is 42.9. The van der Waals surface area contributed by atoms with Gasteiger partial charge in [-0.15, -0.1) is 0 Å². The molecule has 8 nitrogen and oxygen atoms in total. The molecule has 2 heterocycles. The van der Waals surface area contributed by atoms with Gasteiger partial charge in [0.2, 0.25) is 15.8 Å². The smallest absolute Gasteiger partial charge is 0.338 e. The van der Waals surface area contributed by atoms with Gasteiger partial charge in [0.15, 0.2) is 5.76 Å². The van der Waals surface area contributed by atoms with Gasteiger partial charge in [0, 0.05) is 19.2 Å². The summed E-state index contributed by atoms with van der Waals surface area (Å²) in [5.41, 5.74) is 0.696. The summed E-state index contributed by atoms with van der Waals surface area (Å²) in [5, 5.41) is 3.85. The molecule has 1 saturated carbocycles. The van der Waals surface area contributed by atoms with Crippen molar-refractivity contribution in [2.75, 3.05) is 7.05 Å². The number of ether oxygens (including phenoxy) is 1. The molecule has 2 aromatic heterocycles. The molecule has 0 N–H and O–H groups in total. The molecule has 0 aliphatic heterocycles. The van der Waals surface area contributed by atoms with E-state index in [9.17, 15) is 13.2 Å². The monoisotopic (exact) mass is 444 g/mol. The minimum atomic E-state index is -3.61. The predicted octanol–water partition coefficient (Wildman–Crippen LogP) is 4.24. The molecule has 1 aliphatic carbocycles. The van der Waals surface area contributed by atoms with Gasteiger partial charge in [-0.25, -0.2) is 13.2 Å². The van der Waals surface area contributed by atoms with Crippen molar-refractivity contribution in [1.82, 2.24) is 9.46 Å². The first kappa shape index (κ1) is 21.3. The molecule has 0 radical (unpaired) electrons. The van der Waals surface area contributed by atoms with Crippen LogP contribution >= 0.6 is 0 Å². The molecule has 9 heteroatoms. The average Bonchev–Trinajstić information content (AvgIpc) is 3.49. The van der Waals surface area contributed by atoms with Gasteiger partial charge < -0.3 is 13.7 Å². The molecule has 3 aromatic rings. The Hall–Kier alpha value is -2.91. The largest absolute Gasteiger partial charge is 0.461 e. The maximum absolute atomic E-state index is 12.9. The quantitative estimate of drug-likeness (QED) is 0.502. The fourth-order valence-corrected chi connectivity index (χ4v) is 5.12. The maximum atomic E-state index is 12.9. The van der Waals surface area contributed by atoms with E-state index in [1.165, 1.54) is 34.8 Å². The minimum absolute atomic E-state index is 0.0249. The third kappa shape index (κ3) is 4.72. The lowest BCUT2D eigenvalue weighted by molar-refractivity contribution is 0.0464. The molecule has 0 saturated heterocycles. The van der Waals surface area contributed by atoms with E-state index in [1.54, 1.807) is 25.2 Å². The molecular formula is C22H24N2O6S. The van der Waals surface area contributed by atoms with E-state index in [0.29, 0.717) is 17.2 Å². The van der Waals surface area contributed by atoms with Crippen LogP contribution < -0.4 is 0 Å². The first-order valence-corrected chi connectivity index (χ1v) is 11.6. The van der Waals surface area contributed by atoms with Crippen LogP contribution in [0.25, 0.3) is 11.5 Å². The van der Waals surface area contributed by atoms with Crippen molar-refractivity contribution in [3.63, 3.8) is 0 Å². The number of rotatable bonds is 7. The lowest BCUT2D eigenvalue weighted by atomic mass is 9.96. The van der Waals surface area contributed by atoms with Crippen LogP contribution in [0.15, 0.2) is 62.6 Å². The fourth-order valence-electron chi connectivity index (χ4n) is 3.71. The van der Waals surface area contributed by atoms with Crippen molar-refractivity contribution in [2.24, 2.45) is 0 Å². The highest BCUT2D eigenvalue weighted by molar-refractivity contribution is 7.89. The summed E-state index contributed by atoms with van der Waals surface area (Å²) in [7, 11) is -1.98. The number of hydrogen-bond donors (Lipinski definition) is 0. The van der Waals surface area contributed by atoms with Crippen LogP contribution in [0.5, 0.6) is 0 Å². The highest BCUT2D eigenvalue weighted by Gasteiger charge is 2.29. The van der Waals surface area contributed by atoms with E-state index < -0.39 is 16.0 Å². The number of nitrogens with zero attached hydrogens (tertiary/aromatic N) is 2. The highest BCUT2D eigenvalue weighted by atomic mass is 32.2. The van der Waals surface area contributed by atoms with Gasteiger partial charge in [-0.05, 0) is 49.2 Å². The second-order valence-corrected chi connectivity index (χ2v) is 9.57. The number of esters is 1. The van der Waals surface area contributed by atoms with Crippen LogP contribution in [0.1, 0.15) is 48.2 Å². The molecule has 1 aliphatic rings. The van der Waals surface area contributed by atoms with Crippen molar-refractivity contribution < 1.29 is 26.9 Å². The van der Waals surface area contributed by atoms with Crippen LogP contribution in [0.4, 0.5) is 0 Å². The van der Waals surface area contributed by atoms with E-state index in [2.05, 4.69) is 5.16 Å². The van der Waals surface area contributed by atoms with Gasteiger partial charge in [0.25, 0.3) is 0 Å².